The van der Waals surface area contributed by atoms with Gasteiger partial charge in [-0.15, -0.1) is 0 Å². The predicted octanol–water partition coefficient (Wildman–Crippen LogP) is 5.28. The van der Waals surface area contributed by atoms with Crippen molar-refractivity contribution in [3.8, 4) is 0 Å². The molecule has 130 valence electrons. The van der Waals surface area contributed by atoms with E-state index in [4.69, 9.17) is 0 Å². The van der Waals surface area contributed by atoms with Crippen molar-refractivity contribution >= 4 is 17.5 Å². The number of nitrogens with one attached hydrogen (secondary N) is 2. The summed E-state index contributed by atoms with van der Waals surface area (Å²) in [7, 11) is 0. The summed E-state index contributed by atoms with van der Waals surface area (Å²) in [6.07, 6.45) is 1.13. The summed E-state index contributed by atoms with van der Waals surface area (Å²) in [6, 6.07) is 10.4. The predicted molar refractivity (Wildman–Crippen MR) is 103 cm³/mol. The first-order chi connectivity index (χ1) is 11.2. The van der Waals surface area contributed by atoms with Gasteiger partial charge in [-0.1, -0.05) is 46.8 Å². The van der Waals surface area contributed by atoms with Crippen LogP contribution >= 0.6 is 0 Å². The highest BCUT2D eigenvalue weighted by Gasteiger charge is 2.13. The van der Waals surface area contributed by atoms with Crippen molar-refractivity contribution in [3.63, 3.8) is 0 Å². The van der Waals surface area contributed by atoms with Gasteiger partial charge in [0.2, 0.25) is 5.95 Å². The van der Waals surface area contributed by atoms with Gasteiger partial charge in [-0.3, -0.25) is 0 Å². The van der Waals surface area contributed by atoms with E-state index in [1.54, 1.807) is 0 Å². The highest BCUT2D eigenvalue weighted by molar-refractivity contribution is 5.56. The number of rotatable bonds is 6. The Bertz CT molecular complexity index is 654. The van der Waals surface area contributed by atoms with Crippen LogP contribution in [0, 0.1) is 12.8 Å². The van der Waals surface area contributed by atoms with E-state index in [-0.39, 0.29) is 5.41 Å². The Morgan fingerprint density at radius 3 is 2.29 bits per heavy atom. The summed E-state index contributed by atoms with van der Waals surface area (Å²) in [5, 5.41) is 6.68. The normalized spacial score (nSPS) is 11.6. The zero-order chi connectivity index (χ0) is 17.7. The molecule has 0 aliphatic rings. The fourth-order valence-corrected chi connectivity index (χ4v) is 2.39. The number of benzene rings is 1. The molecule has 0 unspecified atom stereocenters. The monoisotopic (exact) mass is 326 g/mol. The van der Waals surface area contributed by atoms with Crippen molar-refractivity contribution < 1.29 is 0 Å². The summed E-state index contributed by atoms with van der Waals surface area (Å²) >= 11 is 0. The number of hydrogen-bond acceptors (Lipinski definition) is 4. The van der Waals surface area contributed by atoms with Crippen LogP contribution in [0.5, 0.6) is 0 Å². The van der Waals surface area contributed by atoms with E-state index in [0.29, 0.717) is 11.9 Å². The lowest BCUT2D eigenvalue weighted by molar-refractivity contribution is 0.590. The van der Waals surface area contributed by atoms with E-state index in [0.717, 1.165) is 30.2 Å². The molecule has 0 bridgehead atoms. The third kappa shape index (κ3) is 5.52. The summed E-state index contributed by atoms with van der Waals surface area (Å²) in [6.45, 7) is 14.0. The number of aryl methyl sites for hydroxylation is 1. The molecule has 4 nitrogen and oxygen atoms in total. The molecule has 0 saturated heterocycles. The lowest BCUT2D eigenvalue weighted by Gasteiger charge is -2.19. The SMILES string of the molecule is Cc1cc(NCCC(C)C)nc(Nc2ccc(C(C)(C)C)cc2)n1. The largest absolute Gasteiger partial charge is 0.370 e. The summed E-state index contributed by atoms with van der Waals surface area (Å²) in [5.74, 6) is 2.18. The molecule has 0 fully saturated rings. The fourth-order valence-electron chi connectivity index (χ4n) is 2.39. The molecule has 2 aromatic rings. The van der Waals surface area contributed by atoms with Gasteiger partial charge in [-0.05, 0) is 42.4 Å². The Morgan fingerprint density at radius 1 is 1.04 bits per heavy atom. The second-order valence-electron chi connectivity index (χ2n) is 7.78. The van der Waals surface area contributed by atoms with Gasteiger partial charge >= 0.3 is 0 Å². The number of anilines is 3. The van der Waals surface area contributed by atoms with E-state index in [2.05, 4.69) is 79.5 Å². The van der Waals surface area contributed by atoms with Crippen LogP contribution in [-0.2, 0) is 5.41 Å². The number of hydrogen-bond donors (Lipinski definition) is 2. The lowest BCUT2D eigenvalue weighted by Crippen LogP contribution is -2.11. The van der Waals surface area contributed by atoms with Gasteiger partial charge in [0.25, 0.3) is 0 Å². The van der Waals surface area contributed by atoms with Gasteiger partial charge < -0.3 is 10.6 Å². The highest BCUT2D eigenvalue weighted by Crippen LogP contribution is 2.24. The number of aromatic nitrogens is 2. The molecule has 4 heteroatoms. The summed E-state index contributed by atoms with van der Waals surface area (Å²) < 4.78 is 0. The van der Waals surface area contributed by atoms with Crippen LogP contribution in [0.1, 0.15) is 52.3 Å². The van der Waals surface area contributed by atoms with Crippen LogP contribution in [0.25, 0.3) is 0 Å². The quantitative estimate of drug-likeness (QED) is 0.758. The highest BCUT2D eigenvalue weighted by atomic mass is 15.1. The third-order valence-electron chi connectivity index (χ3n) is 3.89. The molecule has 1 heterocycles. The zero-order valence-corrected chi connectivity index (χ0v) is 15.8. The van der Waals surface area contributed by atoms with Crippen molar-refractivity contribution in [1.82, 2.24) is 9.97 Å². The molecule has 0 amide bonds. The zero-order valence-electron chi connectivity index (χ0n) is 15.8. The Labute approximate surface area is 146 Å². The second-order valence-corrected chi connectivity index (χ2v) is 7.78. The minimum absolute atomic E-state index is 0.159. The van der Waals surface area contributed by atoms with Crippen LogP contribution in [0.4, 0.5) is 17.5 Å². The van der Waals surface area contributed by atoms with Crippen molar-refractivity contribution in [3.05, 3.63) is 41.6 Å². The van der Waals surface area contributed by atoms with Gasteiger partial charge in [0.05, 0.1) is 0 Å². The van der Waals surface area contributed by atoms with Crippen LogP contribution < -0.4 is 10.6 Å². The van der Waals surface area contributed by atoms with E-state index >= 15 is 0 Å². The lowest BCUT2D eigenvalue weighted by atomic mass is 9.87. The van der Waals surface area contributed by atoms with Crippen LogP contribution in [0.2, 0.25) is 0 Å². The van der Waals surface area contributed by atoms with Gasteiger partial charge in [-0.25, -0.2) is 4.98 Å². The molecule has 0 aliphatic carbocycles. The molecule has 0 aliphatic heterocycles. The van der Waals surface area contributed by atoms with E-state index in [1.807, 2.05) is 13.0 Å². The third-order valence-corrected chi connectivity index (χ3v) is 3.89. The van der Waals surface area contributed by atoms with Gasteiger partial charge in [0.1, 0.15) is 5.82 Å². The van der Waals surface area contributed by atoms with Gasteiger partial charge in [-0.2, -0.15) is 4.98 Å². The molecule has 0 radical (unpaired) electrons. The van der Waals surface area contributed by atoms with E-state index in [1.165, 1.54) is 5.56 Å². The first-order valence-corrected chi connectivity index (χ1v) is 8.71. The maximum atomic E-state index is 4.56. The van der Waals surface area contributed by atoms with Crippen molar-refractivity contribution in [2.24, 2.45) is 5.92 Å². The maximum Gasteiger partial charge on any atom is 0.229 e. The molecule has 0 spiro atoms. The standard InChI is InChI=1S/C20H30N4/c1-14(2)11-12-21-18-13-15(3)22-19(24-18)23-17-9-7-16(8-10-17)20(4,5)6/h7-10,13-14H,11-12H2,1-6H3,(H2,21,22,23,24). The average molecular weight is 326 g/mol. The summed E-state index contributed by atoms with van der Waals surface area (Å²) in [4.78, 5) is 9.04. The van der Waals surface area contributed by atoms with Gasteiger partial charge in [0.15, 0.2) is 0 Å². The van der Waals surface area contributed by atoms with E-state index < -0.39 is 0 Å². The smallest absolute Gasteiger partial charge is 0.229 e. The Morgan fingerprint density at radius 2 is 1.71 bits per heavy atom. The second kappa shape index (κ2) is 7.65. The molecule has 0 saturated carbocycles. The molecule has 1 aromatic heterocycles. The minimum atomic E-state index is 0.159. The molecule has 2 N–H and O–H groups in total. The Hall–Kier alpha value is -2.10. The first-order valence-electron chi connectivity index (χ1n) is 8.71. The van der Waals surface area contributed by atoms with Crippen molar-refractivity contribution in [2.45, 2.75) is 53.4 Å². The van der Waals surface area contributed by atoms with Crippen molar-refractivity contribution in [1.29, 1.82) is 0 Å². The Balaban J connectivity index is 2.07. The Kier molecular flexibility index (Phi) is 5.81. The molecule has 0 atom stereocenters. The molecular formula is C20H30N4. The van der Waals surface area contributed by atoms with E-state index in [9.17, 15) is 0 Å². The molecule has 1 aromatic carbocycles. The van der Waals surface area contributed by atoms with Gasteiger partial charge in [0, 0.05) is 24.0 Å². The molecular weight excluding hydrogens is 296 g/mol. The van der Waals surface area contributed by atoms with Crippen molar-refractivity contribution in [2.75, 3.05) is 17.2 Å². The number of nitrogens with zero attached hydrogens (tertiary/aromatic N) is 2. The topological polar surface area (TPSA) is 49.8 Å². The van der Waals surface area contributed by atoms with Crippen LogP contribution in [0.15, 0.2) is 30.3 Å². The molecule has 2 rings (SSSR count). The van der Waals surface area contributed by atoms with Crippen LogP contribution in [-0.4, -0.2) is 16.5 Å². The summed E-state index contributed by atoms with van der Waals surface area (Å²) in [5.41, 5.74) is 3.42. The first kappa shape index (κ1) is 18.2. The fraction of sp³-hybridized carbons (Fsp3) is 0.500. The maximum absolute atomic E-state index is 4.56. The molecule has 24 heavy (non-hydrogen) atoms. The minimum Gasteiger partial charge on any atom is -0.370 e. The van der Waals surface area contributed by atoms with Crippen LogP contribution in [0.3, 0.4) is 0 Å². The average Bonchev–Trinajstić information content (AvgIpc) is 2.46.